The fourth-order valence-corrected chi connectivity index (χ4v) is 2.10. The monoisotopic (exact) mass is 259 g/mol. The summed E-state index contributed by atoms with van der Waals surface area (Å²) in [6.07, 6.45) is 0. The number of hydrogen-bond donors (Lipinski definition) is 1. The van der Waals surface area contributed by atoms with Crippen molar-refractivity contribution in [1.82, 2.24) is 15.5 Å². The van der Waals surface area contributed by atoms with Gasteiger partial charge in [-0.3, -0.25) is 0 Å². The number of benzene rings is 1. The lowest BCUT2D eigenvalue weighted by atomic mass is 10.1. The van der Waals surface area contributed by atoms with E-state index < -0.39 is 5.60 Å². The first kappa shape index (κ1) is 12.3. The van der Waals surface area contributed by atoms with Crippen LogP contribution in [0.2, 0.25) is 0 Å². The summed E-state index contributed by atoms with van der Waals surface area (Å²) in [6.45, 7) is 5.65. The van der Waals surface area contributed by atoms with E-state index in [0.29, 0.717) is 11.7 Å². The van der Waals surface area contributed by atoms with E-state index in [4.69, 9.17) is 9.26 Å². The van der Waals surface area contributed by atoms with E-state index in [1.807, 2.05) is 19.9 Å². The van der Waals surface area contributed by atoms with Gasteiger partial charge in [0, 0.05) is 25.8 Å². The molecule has 2 heterocycles. The molecule has 1 aromatic heterocycles. The summed E-state index contributed by atoms with van der Waals surface area (Å²) in [5.41, 5.74) is 3.04. The lowest BCUT2D eigenvalue weighted by molar-refractivity contribution is 0.00973. The van der Waals surface area contributed by atoms with Crippen LogP contribution in [0.25, 0.3) is 11.5 Å². The lowest BCUT2D eigenvalue weighted by Gasteiger charge is -2.17. The Hall–Kier alpha value is -1.72. The first-order valence-corrected chi connectivity index (χ1v) is 6.32. The van der Waals surface area contributed by atoms with Crippen molar-refractivity contribution in [3.63, 3.8) is 0 Å². The highest BCUT2D eigenvalue weighted by molar-refractivity contribution is 5.56. The molecule has 1 N–H and O–H groups in total. The van der Waals surface area contributed by atoms with Crippen molar-refractivity contribution >= 4 is 0 Å². The molecule has 19 heavy (non-hydrogen) atoms. The summed E-state index contributed by atoms with van der Waals surface area (Å²) >= 11 is 0. The third-order valence-corrected chi connectivity index (χ3v) is 3.56. The lowest BCUT2D eigenvalue weighted by Crippen LogP contribution is -2.21. The Bertz CT molecular complexity index is 604. The third kappa shape index (κ3) is 2.15. The number of aromatic nitrogens is 2. The minimum Gasteiger partial charge on any atom is -0.371 e. The average molecular weight is 259 g/mol. The second kappa shape index (κ2) is 4.43. The molecule has 0 bridgehead atoms. The standard InChI is InChI=1S/C14H17N3O2/c1-14(2,18-3)13-16-12(19-17-13)9-4-5-10-7-15-8-11(10)6-9/h4-6,15H,7-8H2,1-3H3. The molecule has 0 saturated carbocycles. The van der Waals surface area contributed by atoms with E-state index >= 15 is 0 Å². The Balaban J connectivity index is 1.95. The fourth-order valence-electron chi connectivity index (χ4n) is 2.10. The van der Waals surface area contributed by atoms with Crippen LogP contribution in [0.4, 0.5) is 0 Å². The summed E-state index contributed by atoms with van der Waals surface area (Å²) in [4.78, 5) is 4.43. The fraction of sp³-hybridized carbons (Fsp3) is 0.429. The third-order valence-electron chi connectivity index (χ3n) is 3.56. The maximum absolute atomic E-state index is 5.35. The normalized spacial score (nSPS) is 14.7. The van der Waals surface area contributed by atoms with Crippen molar-refractivity contribution in [1.29, 1.82) is 0 Å². The van der Waals surface area contributed by atoms with Crippen molar-refractivity contribution in [3.8, 4) is 11.5 Å². The molecule has 0 spiro atoms. The van der Waals surface area contributed by atoms with Crippen LogP contribution in [0.15, 0.2) is 22.7 Å². The predicted molar refractivity (Wildman–Crippen MR) is 70.3 cm³/mol. The van der Waals surface area contributed by atoms with Gasteiger partial charge < -0.3 is 14.6 Å². The molecule has 5 nitrogen and oxygen atoms in total. The van der Waals surface area contributed by atoms with Gasteiger partial charge in [-0.25, -0.2) is 0 Å². The van der Waals surface area contributed by atoms with Crippen LogP contribution >= 0.6 is 0 Å². The number of nitrogens with zero attached hydrogens (tertiary/aromatic N) is 2. The quantitative estimate of drug-likeness (QED) is 0.915. The van der Waals surface area contributed by atoms with Gasteiger partial charge in [0.1, 0.15) is 5.60 Å². The van der Waals surface area contributed by atoms with Crippen LogP contribution in [-0.2, 0) is 23.4 Å². The zero-order chi connectivity index (χ0) is 13.5. The molecule has 2 aromatic rings. The zero-order valence-electron chi connectivity index (χ0n) is 11.4. The molecule has 0 amide bonds. The highest BCUT2D eigenvalue weighted by atomic mass is 16.5. The molecular formula is C14H17N3O2. The molecule has 1 aliphatic rings. The average Bonchev–Trinajstić information content (AvgIpc) is 3.06. The van der Waals surface area contributed by atoms with Crippen LogP contribution in [0.1, 0.15) is 30.8 Å². The first-order valence-electron chi connectivity index (χ1n) is 6.32. The van der Waals surface area contributed by atoms with Gasteiger partial charge in [-0.15, -0.1) is 0 Å². The number of ether oxygens (including phenoxy) is 1. The predicted octanol–water partition coefficient (Wildman–Crippen LogP) is 2.22. The molecular weight excluding hydrogens is 242 g/mol. The highest BCUT2D eigenvalue weighted by Gasteiger charge is 2.26. The molecule has 0 fully saturated rings. The number of fused-ring (bicyclic) bond motifs is 1. The molecule has 3 rings (SSSR count). The van der Waals surface area contributed by atoms with Crippen molar-refractivity contribution in [3.05, 3.63) is 35.2 Å². The summed E-state index contributed by atoms with van der Waals surface area (Å²) in [7, 11) is 1.64. The van der Waals surface area contributed by atoms with Gasteiger partial charge in [0.15, 0.2) is 0 Å². The topological polar surface area (TPSA) is 60.2 Å². The summed E-state index contributed by atoms with van der Waals surface area (Å²) in [5, 5.41) is 7.32. The molecule has 1 aliphatic heterocycles. The summed E-state index contributed by atoms with van der Waals surface area (Å²) in [5.74, 6) is 1.10. The van der Waals surface area contributed by atoms with Crippen LogP contribution in [0.3, 0.4) is 0 Å². The van der Waals surface area contributed by atoms with Gasteiger partial charge >= 0.3 is 0 Å². The molecule has 100 valence electrons. The van der Waals surface area contributed by atoms with Crippen molar-refractivity contribution in [2.24, 2.45) is 0 Å². The molecule has 0 unspecified atom stereocenters. The second-order valence-corrected chi connectivity index (χ2v) is 5.22. The number of hydrogen-bond acceptors (Lipinski definition) is 5. The SMILES string of the molecule is COC(C)(C)c1noc(-c2ccc3c(c2)CNC3)n1. The van der Waals surface area contributed by atoms with Crippen molar-refractivity contribution in [2.75, 3.05) is 7.11 Å². The largest absolute Gasteiger partial charge is 0.371 e. The smallest absolute Gasteiger partial charge is 0.258 e. The Morgan fingerprint density at radius 1 is 1.26 bits per heavy atom. The van der Waals surface area contributed by atoms with Crippen molar-refractivity contribution < 1.29 is 9.26 Å². The summed E-state index contributed by atoms with van der Waals surface area (Å²) in [6, 6.07) is 6.23. The number of nitrogens with one attached hydrogen (secondary N) is 1. The number of methoxy groups -OCH3 is 1. The van der Waals surface area contributed by atoms with E-state index in [1.54, 1.807) is 7.11 Å². The summed E-state index contributed by atoms with van der Waals surface area (Å²) < 4.78 is 10.7. The van der Waals surface area contributed by atoms with E-state index in [0.717, 1.165) is 18.7 Å². The molecule has 5 heteroatoms. The first-order chi connectivity index (χ1) is 9.10. The van der Waals surface area contributed by atoms with E-state index in [-0.39, 0.29) is 0 Å². The Morgan fingerprint density at radius 2 is 2.05 bits per heavy atom. The van der Waals surface area contributed by atoms with Crippen LogP contribution in [0, 0.1) is 0 Å². The Kier molecular flexibility index (Phi) is 2.88. The van der Waals surface area contributed by atoms with Gasteiger partial charge in [0.2, 0.25) is 5.82 Å². The van der Waals surface area contributed by atoms with E-state index in [2.05, 4.69) is 27.6 Å². The maximum Gasteiger partial charge on any atom is 0.258 e. The molecule has 0 aliphatic carbocycles. The van der Waals surface area contributed by atoms with E-state index in [9.17, 15) is 0 Å². The van der Waals surface area contributed by atoms with E-state index in [1.165, 1.54) is 11.1 Å². The molecule has 1 aromatic carbocycles. The Morgan fingerprint density at radius 3 is 2.84 bits per heavy atom. The van der Waals surface area contributed by atoms with Gasteiger partial charge in [-0.1, -0.05) is 11.2 Å². The van der Waals surface area contributed by atoms with Gasteiger partial charge in [0.05, 0.1) is 0 Å². The van der Waals surface area contributed by atoms with Gasteiger partial charge in [0.25, 0.3) is 5.89 Å². The molecule has 0 saturated heterocycles. The van der Waals surface area contributed by atoms with Gasteiger partial charge in [-0.05, 0) is 37.1 Å². The minimum absolute atomic E-state index is 0.537. The molecule has 0 atom stereocenters. The molecule has 0 radical (unpaired) electrons. The second-order valence-electron chi connectivity index (χ2n) is 5.22. The van der Waals surface area contributed by atoms with Crippen LogP contribution in [-0.4, -0.2) is 17.3 Å². The van der Waals surface area contributed by atoms with Crippen LogP contribution < -0.4 is 5.32 Å². The maximum atomic E-state index is 5.35. The van der Waals surface area contributed by atoms with Gasteiger partial charge in [-0.2, -0.15) is 4.98 Å². The Labute approximate surface area is 112 Å². The van der Waals surface area contributed by atoms with Crippen molar-refractivity contribution in [2.45, 2.75) is 32.5 Å². The highest BCUT2D eigenvalue weighted by Crippen LogP contribution is 2.27. The number of rotatable bonds is 3. The minimum atomic E-state index is -0.542. The zero-order valence-corrected chi connectivity index (χ0v) is 11.4. The van der Waals surface area contributed by atoms with Crippen LogP contribution in [0.5, 0.6) is 0 Å².